The van der Waals surface area contributed by atoms with Crippen molar-refractivity contribution < 1.29 is 0 Å². The second-order valence-corrected chi connectivity index (χ2v) is 30.7. The minimum Gasteiger partial charge on any atom is -0.264 e. The molecule has 19 aromatic rings. The van der Waals surface area contributed by atoms with Crippen LogP contribution in [-0.2, 0) is 17.3 Å². The molecular weight excluding hydrogens is 1420 g/mol. The first-order valence-corrected chi connectivity index (χ1v) is 40.0. The summed E-state index contributed by atoms with van der Waals surface area (Å²) in [6, 6.07) is 141. The number of hydrogen-bond donors (Lipinski definition) is 0. The molecule has 117 heavy (non-hydrogen) atoms. The van der Waals surface area contributed by atoms with Gasteiger partial charge in [0.25, 0.3) is 0 Å². The van der Waals surface area contributed by atoms with Gasteiger partial charge in [0, 0.05) is 57.5 Å². The van der Waals surface area contributed by atoms with E-state index in [1.807, 2.05) is 37.5 Å². The molecule has 0 spiro atoms. The zero-order chi connectivity index (χ0) is 78.0. The van der Waals surface area contributed by atoms with Crippen LogP contribution in [0.5, 0.6) is 0 Å². The van der Waals surface area contributed by atoms with Gasteiger partial charge in [-0.15, -0.1) is 0 Å². The van der Waals surface area contributed by atoms with E-state index in [-0.39, 0.29) is 0 Å². The van der Waals surface area contributed by atoms with Gasteiger partial charge >= 0.3 is 0 Å². The number of fused-ring (bicyclic) bond motifs is 7. The minimum atomic E-state index is -0.830. The molecule has 1 unspecified atom stereocenters. The molecule has 2 aliphatic rings. The predicted octanol–water partition coefficient (Wildman–Crippen LogP) is 26.2. The number of aryl methyl sites for hydroxylation is 2. The van der Waals surface area contributed by atoms with E-state index in [0.717, 1.165) is 156 Å². The fourth-order valence-electron chi connectivity index (χ4n) is 18.6. The van der Waals surface area contributed by atoms with Crippen LogP contribution in [-0.4, -0.2) is 34.9 Å². The van der Waals surface area contributed by atoms with Gasteiger partial charge in [-0.05, 0) is 202 Å². The molecule has 0 aliphatic heterocycles. The molecule has 7 nitrogen and oxygen atoms in total. The first-order valence-electron chi connectivity index (χ1n) is 40.0. The Morgan fingerprint density at radius 3 is 1.47 bits per heavy atom. The summed E-state index contributed by atoms with van der Waals surface area (Å²) in [6.45, 7) is 4.11. The van der Waals surface area contributed by atoms with Crippen LogP contribution >= 0.6 is 0 Å². The highest BCUT2D eigenvalue weighted by molar-refractivity contribution is 6.00. The Morgan fingerprint density at radius 2 is 0.752 bits per heavy atom. The smallest absolute Gasteiger partial charge is 0.164 e. The maximum atomic E-state index is 5.63. The first kappa shape index (κ1) is 69.9. The van der Waals surface area contributed by atoms with Gasteiger partial charge in [0.2, 0.25) is 0 Å². The molecule has 7 heteroatoms. The lowest BCUT2D eigenvalue weighted by Crippen LogP contribution is -2.28. The van der Waals surface area contributed by atoms with Crippen molar-refractivity contribution in [1.82, 2.24) is 34.9 Å². The highest BCUT2D eigenvalue weighted by Gasteiger charge is 2.49. The Hall–Kier alpha value is -15.1. The van der Waals surface area contributed by atoms with E-state index in [0.29, 0.717) is 29.7 Å². The topological polar surface area (TPSA) is 90.2 Å². The van der Waals surface area contributed by atoms with Crippen LogP contribution < -0.4 is 0 Å². The van der Waals surface area contributed by atoms with E-state index < -0.39 is 10.8 Å². The summed E-state index contributed by atoms with van der Waals surface area (Å²) in [5, 5.41) is 2.33. The average Bonchev–Trinajstić information content (AvgIpc) is 1.54. The molecular formula is C110H75N7. The van der Waals surface area contributed by atoms with Crippen molar-refractivity contribution in [2.24, 2.45) is 0 Å². The maximum absolute atomic E-state index is 5.63. The van der Waals surface area contributed by atoms with Crippen molar-refractivity contribution in [3.8, 4) is 135 Å². The van der Waals surface area contributed by atoms with Gasteiger partial charge in [-0.2, -0.15) is 0 Å². The van der Waals surface area contributed by atoms with Crippen LogP contribution in [0.1, 0.15) is 67.0 Å². The predicted molar refractivity (Wildman–Crippen MR) is 476 cm³/mol. The number of nitrogens with zero attached hydrogens (tertiary/aromatic N) is 7. The van der Waals surface area contributed by atoms with Crippen molar-refractivity contribution in [1.29, 1.82) is 0 Å². The zero-order valence-corrected chi connectivity index (χ0v) is 64.5. The lowest BCUT2D eigenvalue weighted by molar-refractivity contribution is 0.767. The van der Waals surface area contributed by atoms with Crippen molar-refractivity contribution >= 4 is 10.8 Å². The number of pyridine rings is 2. The van der Waals surface area contributed by atoms with E-state index in [2.05, 4.69) is 383 Å². The van der Waals surface area contributed by atoms with Crippen LogP contribution in [0.25, 0.3) is 145 Å². The van der Waals surface area contributed by atoms with E-state index in [1.54, 1.807) is 0 Å². The Kier molecular flexibility index (Phi) is 17.4. The Labute approximate surface area is 680 Å². The van der Waals surface area contributed by atoms with E-state index >= 15 is 0 Å². The van der Waals surface area contributed by atoms with Crippen molar-refractivity contribution in [3.05, 3.63) is 474 Å². The highest BCUT2D eigenvalue weighted by atomic mass is 15.0. The third-order valence-corrected chi connectivity index (χ3v) is 23.8. The average molecular weight is 1490 g/mol. The summed E-state index contributed by atoms with van der Waals surface area (Å²) in [5.74, 6) is 2.43. The molecule has 2 aliphatic carbocycles. The molecule has 0 saturated heterocycles. The van der Waals surface area contributed by atoms with Gasteiger partial charge < -0.3 is 0 Å². The van der Waals surface area contributed by atoms with Gasteiger partial charge in [0.1, 0.15) is 5.82 Å². The van der Waals surface area contributed by atoms with Gasteiger partial charge in [0.05, 0.1) is 27.9 Å². The first-order chi connectivity index (χ1) is 57.8. The van der Waals surface area contributed by atoms with Crippen LogP contribution in [0.15, 0.2) is 407 Å². The Balaban J connectivity index is 0.755. The Morgan fingerprint density at radius 1 is 0.248 bits per heavy atom. The molecule has 4 aromatic heterocycles. The molecule has 21 rings (SSSR count). The summed E-state index contributed by atoms with van der Waals surface area (Å²) in [6.07, 6.45) is 6.57. The van der Waals surface area contributed by atoms with Gasteiger partial charge in [-0.1, -0.05) is 340 Å². The summed E-state index contributed by atoms with van der Waals surface area (Å²) < 4.78 is 0. The largest absolute Gasteiger partial charge is 0.264 e. The van der Waals surface area contributed by atoms with Gasteiger partial charge in [0.15, 0.2) is 17.5 Å². The van der Waals surface area contributed by atoms with E-state index in [9.17, 15) is 0 Å². The molecule has 550 valence electrons. The summed E-state index contributed by atoms with van der Waals surface area (Å²) >= 11 is 0. The normalized spacial score (nSPS) is 13.5. The second kappa shape index (κ2) is 29.2. The van der Waals surface area contributed by atoms with Crippen molar-refractivity contribution in [2.45, 2.75) is 31.1 Å². The second-order valence-electron chi connectivity index (χ2n) is 30.7. The molecule has 0 saturated carbocycles. The fourth-order valence-corrected chi connectivity index (χ4v) is 18.6. The molecule has 0 radical (unpaired) electrons. The zero-order valence-electron chi connectivity index (χ0n) is 64.5. The van der Waals surface area contributed by atoms with Gasteiger partial charge in [-0.25, -0.2) is 24.9 Å². The van der Waals surface area contributed by atoms with Crippen LogP contribution in [0, 0.1) is 13.8 Å². The summed E-state index contributed by atoms with van der Waals surface area (Å²) in [4.78, 5) is 37.1. The number of hydrogen-bond acceptors (Lipinski definition) is 7. The summed E-state index contributed by atoms with van der Waals surface area (Å²) in [7, 11) is 0. The Bertz CT molecular complexity index is 7010. The van der Waals surface area contributed by atoms with Crippen molar-refractivity contribution in [3.63, 3.8) is 0 Å². The van der Waals surface area contributed by atoms with Gasteiger partial charge in [-0.3, -0.25) is 9.97 Å². The fraction of sp³-hybridized carbons (Fsp3) is 0.0455. The van der Waals surface area contributed by atoms with Crippen molar-refractivity contribution in [2.75, 3.05) is 0 Å². The number of rotatable bonds is 16. The van der Waals surface area contributed by atoms with E-state index in [4.69, 9.17) is 34.9 Å². The molecule has 1 atom stereocenters. The summed E-state index contributed by atoms with van der Waals surface area (Å²) in [5.41, 5.74) is 32.6. The third-order valence-electron chi connectivity index (χ3n) is 23.8. The lowest BCUT2D eigenvalue weighted by Gasteiger charge is -2.34. The molecule has 0 fully saturated rings. The number of benzene rings is 15. The maximum Gasteiger partial charge on any atom is 0.164 e. The molecule has 0 N–H and O–H groups in total. The molecule has 4 heterocycles. The molecule has 0 bridgehead atoms. The monoisotopic (exact) mass is 1490 g/mol. The van der Waals surface area contributed by atoms with Crippen LogP contribution in [0.2, 0.25) is 0 Å². The molecule has 15 aromatic carbocycles. The van der Waals surface area contributed by atoms with E-state index in [1.165, 1.54) is 33.2 Å². The quantitative estimate of drug-likeness (QED) is 0.0952. The van der Waals surface area contributed by atoms with Crippen LogP contribution in [0.3, 0.4) is 0 Å². The van der Waals surface area contributed by atoms with Crippen LogP contribution in [0.4, 0.5) is 0 Å². The highest BCUT2D eigenvalue weighted by Crippen LogP contribution is 2.61. The lowest BCUT2D eigenvalue weighted by atomic mass is 9.67. The standard InChI is InChI=1S/C110H75N7/c1-71-58-83(69-111-68-71)79-39-25-40-80(61-79)95-65-101-96(64-97(95)108-116-106(77-35-13-5-14-36-77)115-107(117-108)82-42-26-38-78(62-82)74-30-9-3-10-31-74)90-57-56-73(60-100(90)109(101,85-43-15-6-16-44-85)86-45-17-7-18-46-86)59-84-70-112-102(76-33-11-4-12-34-76)66-94(84)81-41-27-49-88(63-81)110(87-47-19-8-20-48-87)98-54-24-23-51-92(98)105-93(53-29-55-99(105)110)104-67-103(113-72(2)114-104)91-52-28-37-75-32-21-22-50-89(75)91/h3-58,60-70H,59H2,1-2H3. The third kappa shape index (κ3) is 12.2. The molecule has 0 amide bonds. The number of aromatic nitrogens is 7. The SMILES string of the molecule is Cc1cncc(-c2cccc(-c3cc4c(cc3-c3nc(-c5ccccc5)nc(-c5cccc(-c6ccccc6)c5)n3)-c3ccc(Cc5cnc(-c6ccccc6)cc5-c5cccc(C6(c7ccccc7)c7ccccc7-c7c(-c8cc(-c9cccc%10ccccc9%10)nc(C)n8)cccc76)c5)cc3C4(c3ccccc3)c3ccccc3)c2)c1. The minimum absolute atomic E-state index is 0.562.